The summed E-state index contributed by atoms with van der Waals surface area (Å²) in [5, 5.41) is 3.73. The summed E-state index contributed by atoms with van der Waals surface area (Å²) in [6, 6.07) is 22.0. The van der Waals surface area contributed by atoms with E-state index in [0.29, 0.717) is 0 Å². The van der Waals surface area contributed by atoms with Crippen LogP contribution in [0.4, 0.5) is 0 Å². The van der Waals surface area contributed by atoms with E-state index in [2.05, 4.69) is 10.0 Å². The second-order valence-electron chi connectivity index (χ2n) is 13.0. The summed E-state index contributed by atoms with van der Waals surface area (Å²) in [6.45, 7) is 2.11. The van der Waals surface area contributed by atoms with Crippen LogP contribution in [-0.2, 0) is 61.8 Å². The highest BCUT2D eigenvalue weighted by Crippen LogP contribution is 2.34. The maximum absolute atomic E-state index is 13.7. The van der Waals surface area contributed by atoms with E-state index in [9.17, 15) is 34.3 Å². The second-order valence-corrected chi connectivity index (χ2v) is 13.0. The van der Waals surface area contributed by atoms with Crippen molar-refractivity contribution < 1.29 is 76.1 Å². The molecular formula is C40H41N3O16. The van der Waals surface area contributed by atoms with Crippen LogP contribution in [0.3, 0.4) is 0 Å². The van der Waals surface area contributed by atoms with Gasteiger partial charge in [-0.25, -0.2) is 14.4 Å². The van der Waals surface area contributed by atoms with E-state index < -0.39 is 110 Å². The number of azide groups is 1. The van der Waals surface area contributed by atoms with E-state index >= 15 is 0 Å². The Bertz CT molecular complexity index is 1980. The third-order valence-electron chi connectivity index (χ3n) is 8.86. The molecule has 2 aliphatic rings. The molecule has 0 bridgehead atoms. The van der Waals surface area contributed by atoms with Crippen LogP contribution in [0.1, 0.15) is 51.8 Å². The lowest BCUT2D eigenvalue weighted by Gasteiger charge is -2.46. The number of ether oxygens (including phenoxy) is 10. The monoisotopic (exact) mass is 819 g/mol. The van der Waals surface area contributed by atoms with Gasteiger partial charge in [-0.1, -0.05) is 59.7 Å². The minimum atomic E-state index is -1.64. The molecular weight excluding hydrogens is 778 g/mol. The van der Waals surface area contributed by atoms with Gasteiger partial charge in [-0.3, -0.25) is 14.4 Å². The number of rotatable bonds is 15. The molecule has 0 spiro atoms. The number of benzene rings is 3. The lowest BCUT2D eigenvalue weighted by Crippen LogP contribution is -2.64. The zero-order valence-corrected chi connectivity index (χ0v) is 32.2. The Morgan fingerprint density at radius 3 is 1.44 bits per heavy atom. The van der Waals surface area contributed by atoms with Crippen LogP contribution in [0.15, 0.2) is 96.1 Å². The maximum Gasteiger partial charge on any atom is 0.338 e. The lowest BCUT2D eigenvalue weighted by atomic mass is 9.96. The van der Waals surface area contributed by atoms with Gasteiger partial charge in [0.05, 0.1) is 23.3 Å². The normalized spacial score (nSPS) is 26.2. The van der Waals surface area contributed by atoms with Crippen molar-refractivity contribution in [1.29, 1.82) is 0 Å². The third kappa shape index (κ3) is 11.6. The van der Waals surface area contributed by atoms with Crippen LogP contribution in [0.2, 0.25) is 0 Å². The van der Waals surface area contributed by atoms with E-state index in [1.54, 1.807) is 54.6 Å². The summed E-state index contributed by atoms with van der Waals surface area (Å²) in [6.07, 6.45) is -13.7. The summed E-state index contributed by atoms with van der Waals surface area (Å²) < 4.78 is 58.0. The van der Waals surface area contributed by atoms with Gasteiger partial charge < -0.3 is 47.4 Å². The fourth-order valence-corrected chi connectivity index (χ4v) is 6.30. The number of methoxy groups -OCH3 is 1. The molecule has 0 saturated carbocycles. The Balaban J connectivity index is 1.55. The molecule has 2 heterocycles. The van der Waals surface area contributed by atoms with E-state index in [1.165, 1.54) is 43.5 Å². The van der Waals surface area contributed by atoms with Crippen LogP contribution in [0.25, 0.3) is 10.4 Å². The highest BCUT2D eigenvalue weighted by atomic mass is 16.7. The Labute approximate surface area is 337 Å². The van der Waals surface area contributed by atoms with Gasteiger partial charge in [-0.2, -0.15) is 0 Å². The Morgan fingerprint density at radius 1 is 0.559 bits per heavy atom. The lowest BCUT2D eigenvalue weighted by molar-refractivity contribution is -0.314. The molecule has 2 fully saturated rings. The van der Waals surface area contributed by atoms with Gasteiger partial charge in [-0.15, -0.1) is 0 Å². The Morgan fingerprint density at radius 2 is 0.983 bits per heavy atom. The number of carbonyl (C=O) groups is 6. The van der Waals surface area contributed by atoms with Crippen molar-refractivity contribution in [1.82, 2.24) is 0 Å². The quantitative estimate of drug-likeness (QED) is 0.0694. The van der Waals surface area contributed by atoms with Gasteiger partial charge in [0.2, 0.25) is 0 Å². The van der Waals surface area contributed by atoms with E-state index in [4.69, 9.17) is 47.4 Å². The SMILES string of the molecule is CO[C@H]1O[C@H](CO[C@H]2O[C@H](COC(C)=O)[C@@H](OC(C)=O)[C@H](OC(C)=O)[C@H]2N=[N+]=[N-])[C@@H](OC(=O)c2ccccc2)[C@H](OC(=O)c2ccccc2)[C@H]1OC(=O)c1ccccc1. The first-order chi connectivity index (χ1) is 28.4. The maximum atomic E-state index is 13.7. The first-order valence-corrected chi connectivity index (χ1v) is 18.2. The molecule has 0 radical (unpaired) electrons. The fraction of sp³-hybridized carbons (Fsp3) is 0.400. The van der Waals surface area contributed by atoms with E-state index in [0.717, 1.165) is 20.8 Å². The van der Waals surface area contributed by atoms with Crippen molar-refractivity contribution in [3.8, 4) is 0 Å². The average molecular weight is 820 g/mol. The molecule has 0 amide bonds. The minimum Gasteiger partial charge on any atom is -0.463 e. The van der Waals surface area contributed by atoms with Gasteiger partial charge in [0.25, 0.3) is 0 Å². The van der Waals surface area contributed by atoms with Crippen molar-refractivity contribution >= 4 is 35.8 Å². The fourth-order valence-electron chi connectivity index (χ4n) is 6.30. The minimum absolute atomic E-state index is 0.0973. The first kappa shape index (κ1) is 43.7. The van der Waals surface area contributed by atoms with Crippen molar-refractivity contribution in [2.24, 2.45) is 5.11 Å². The largest absolute Gasteiger partial charge is 0.463 e. The highest BCUT2D eigenvalue weighted by Gasteiger charge is 2.55. The molecule has 0 aliphatic carbocycles. The van der Waals surface area contributed by atoms with Gasteiger partial charge in [-0.05, 0) is 41.9 Å². The Hall–Kier alpha value is -6.37. The Kier molecular flexibility index (Phi) is 15.5. The number of hydrogen-bond acceptors (Lipinski definition) is 17. The number of esters is 6. The van der Waals surface area contributed by atoms with Crippen molar-refractivity contribution in [3.05, 3.63) is 118 Å². The topological polar surface area (TPSA) is 243 Å². The molecule has 19 nitrogen and oxygen atoms in total. The molecule has 59 heavy (non-hydrogen) atoms. The van der Waals surface area contributed by atoms with Crippen LogP contribution >= 0.6 is 0 Å². The summed E-state index contributed by atoms with van der Waals surface area (Å²) in [4.78, 5) is 80.1. The predicted molar refractivity (Wildman–Crippen MR) is 198 cm³/mol. The smallest absolute Gasteiger partial charge is 0.338 e. The van der Waals surface area contributed by atoms with Gasteiger partial charge in [0, 0.05) is 32.8 Å². The van der Waals surface area contributed by atoms with Crippen molar-refractivity contribution in [3.63, 3.8) is 0 Å². The average Bonchev–Trinajstić information content (AvgIpc) is 3.23. The molecule has 10 atom stereocenters. The molecule has 0 N–H and O–H groups in total. The van der Waals surface area contributed by atoms with Gasteiger partial charge >= 0.3 is 35.8 Å². The van der Waals surface area contributed by atoms with Gasteiger partial charge in [0.1, 0.15) is 24.9 Å². The molecule has 2 aliphatic heterocycles. The summed E-state index contributed by atoms with van der Waals surface area (Å²) in [7, 11) is 1.23. The molecule has 5 rings (SSSR count). The molecule has 19 heteroatoms. The molecule has 0 aromatic heterocycles. The molecule has 2 saturated heterocycles. The zero-order chi connectivity index (χ0) is 42.5. The first-order valence-electron chi connectivity index (χ1n) is 18.2. The second kappa shape index (κ2) is 20.9. The molecule has 3 aromatic carbocycles. The molecule has 0 unspecified atom stereocenters. The number of carbonyl (C=O) groups excluding carboxylic acids is 6. The summed E-state index contributed by atoms with van der Waals surface area (Å²) in [5.41, 5.74) is 9.90. The van der Waals surface area contributed by atoms with E-state index in [-0.39, 0.29) is 16.7 Å². The van der Waals surface area contributed by atoms with Crippen LogP contribution in [0.5, 0.6) is 0 Å². The van der Waals surface area contributed by atoms with Gasteiger partial charge in [0.15, 0.2) is 43.1 Å². The predicted octanol–water partition coefficient (Wildman–Crippen LogP) is 3.88. The zero-order valence-electron chi connectivity index (χ0n) is 32.2. The third-order valence-corrected chi connectivity index (χ3v) is 8.86. The molecule has 312 valence electrons. The van der Waals surface area contributed by atoms with Crippen LogP contribution in [-0.4, -0.2) is 117 Å². The van der Waals surface area contributed by atoms with Crippen molar-refractivity contribution in [2.75, 3.05) is 20.3 Å². The van der Waals surface area contributed by atoms with Crippen LogP contribution < -0.4 is 0 Å². The summed E-state index contributed by atoms with van der Waals surface area (Å²) in [5.74, 6) is -5.04. The summed E-state index contributed by atoms with van der Waals surface area (Å²) >= 11 is 0. The number of nitrogens with zero attached hydrogens (tertiary/aromatic N) is 3. The van der Waals surface area contributed by atoms with Crippen LogP contribution in [0, 0.1) is 0 Å². The molecule has 3 aromatic rings. The number of hydrogen-bond donors (Lipinski definition) is 0. The standard InChI is InChI=1S/C40H41N3O16/c1-22(44)51-20-28-31(53-23(2)45)33(54-24(3)46)30(42-43-41)39(55-28)52-21-29-32(57-36(47)25-14-8-5-9-15-25)34(58-37(48)26-16-10-6-11-17-26)35(40(50-4)56-29)59-38(49)27-18-12-7-13-19-27/h5-19,28-35,39-40H,20-21H2,1-4H3/t28-,29-,30-,31-,32-,33-,34+,35-,39+,40+/m1/s1. The van der Waals surface area contributed by atoms with Crippen molar-refractivity contribution in [2.45, 2.75) is 82.1 Å². The van der Waals surface area contributed by atoms with E-state index in [1.807, 2.05) is 0 Å². The highest BCUT2D eigenvalue weighted by molar-refractivity contribution is 5.91.